The predicted octanol–water partition coefficient (Wildman–Crippen LogP) is 2.38. The number of amides is 2. The number of imidazole rings is 1. The zero-order valence-electron chi connectivity index (χ0n) is 14.6. The summed E-state index contributed by atoms with van der Waals surface area (Å²) >= 11 is 0. The number of rotatable bonds is 6. The van der Waals surface area contributed by atoms with Crippen LogP contribution in [0.25, 0.3) is 11.0 Å². The minimum atomic E-state index is -0.437. The Morgan fingerprint density at radius 1 is 1.15 bits per heavy atom. The molecule has 0 saturated carbocycles. The first-order valence-electron chi connectivity index (χ1n) is 8.20. The van der Waals surface area contributed by atoms with Crippen LogP contribution in [0, 0.1) is 0 Å². The van der Waals surface area contributed by atoms with Gasteiger partial charge in [-0.3, -0.25) is 15.0 Å². The van der Waals surface area contributed by atoms with E-state index in [9.17, 15) is 9.59 Å². The van der Waals surface area contributed by atoms with Gasteiger partial charge in [0, 0.05) is 6.92 Å². The summed E-state index contributed by atoms with van der Waals surface area (Å²) in [5, 5.41) is 2.82. The molecule has 2 aromatic carbocycles. The van der Waals surface area contributed by atoms with Crippen molar-refractivity contribution in [3.63, 3.8) is 0 Å². The van der Waals surface area contributed by atoms with Crippen LogP contribution in [0.15, 0.2) is 54.9 Å². The third kappa shape index (κ3) is 4.00. The highest BCUT2D eigenvalue weighted by molar-refractivity contribution is 5.87. The third-order valence-corrected chi connectivity index (χ3v) is 3.98. The van der Waals surface area contributed by atoms with Crippen molar-refractivity contribution in [2.45, 2.75) is 19.4 Å². The standard InChI is InChI=1S/C19H20N4O3/c1-13(24)21-17(14-7-9-15(26-2)10-8-14)11-19(25)22-23-12-20-16-5-3-4-6-18(16)23/h3-10,12,17H,11H2,1-2H3,(H,21,24)(H,22,25). The van der Waals surface area contributed by atoms with Crippen molar-refractivity contribution in [1.29, 1.82) is 0 Å². The lowest BCUT2D eigenvalue weighted by Gasteiger charge is -2.18. The van der Waals surface area contributed by atoms with Gasteiger partial charge in [-0.15, -0.1) is 0 Å². The van der Waals surface area contributed by atoms with Crippen LogP contribution >= 0.6 is 0 Å². The number of ether oxygens (including phenoxy) is 1. The Morgan fingerprint density at radius 3 is 2.58 bits per heavy atom. The number of methoxy groups -OCH3 is 1. The highest BCUT2D eigenvalue weighted by Gasteiger charge is 2.18. The van der Waals surface area contributed by atoms with E-state index in [1.54, 1.807) is 30.2 Å². The van der Waals surface area contributed by atoms with E-state index < -0.39 is 6.04 Å². The van der Waals surface area contributed by atoms with E-state index in [1.165, 1.54) is 6.92 Å². The lowest BCUT2D eigenvalue weighted by atomic mass is 10.0. The fourth-order valence-corrected chi connectivity index (χ4v) is 2.75. The smallest absolute Gasteiger partial charge is 0.241 e. The molecule has 0 bridgehead atoms. The first-order valence-corrected chi connectivity index (χ1v) is 8.20. The molecule has 0 fully saturated rings. The van der Waals surface area contributed by atoms with Crippen molar-refractivity contribution in [3.05, 3.63) is 60.4 Å². The molecular formula is C19H20N4O3. The van der Waals surface area contributed by atoms with Crippen LogP contribution in [0.4, 0.5) is 0 Å². The number of nitrogens with one attached hydrogen (secondary N) is 2. The molecule has 26 heavy (non-hydrogen) atoms. The Labute approximate surface area is 151 Å². The first kappa shape index (κ1) is 17.5. The minimum Gasteiger partial charge on any atom is -0.497 e. The minimum absolute atomic E-state index is 0.0957. The molecule has 7 nitrogen and oxygen atoms in total. The maximum Gasteiger partial charge on any atom is 0.241 e. The fourth-order valence-electron chi connectivity index (χ4n) is 2.75. The van der Waals surface area contributed by atoms with E-state index in [-0.39, 0.29) is 18.2 Å². The van der Waals surface area contributed by atoms with E-state index in [2.05, 4.69) is 15.7 Å². The molecule has 0 aliphatic rings. The van der Waals surface area contributed by atoms with Gasteiger partial charge < -0.3 is 10.1 Å². The number of fused-ring (bicyclic) bond motifs is 1. The Morgan fingerprint density at radius 2 is 1.88 bits per heavy atom. The van der Waals surface area contributed by atoms with Crippen molar-refractivity contribution in [3.8, 4) is 5.75 Å². The van der Waals surface area contributed by atoms with Gasteiger partial charge in [0.15, 0.2) is 0 Å². The van der Waals surface area contributed by atoms with Gasteiger partial charge in [-0.1, -0.05) is 24.3 Å². The highest BCUT2D eigenvalue weighted by Crippen LogP contribution is 2.21. The van der Waals surface area contributed by atoms with Gasteiger partial charge in [0.2, 0.25) is 11.8 Å². The zero-order chi connectivity index (χ0) is 18.5. The van der Waals surface area contributed by atoms with Crippen molar-refractivity contribution in [2.24, 2.45) is 0 Å². The SMILES string of the molecule is COc1ccc(C(CC(=O)Nn2cnc3ccccc32)NC(C)=O)cc1. The molecule has 1 heterocycles. The van der Waals surface area contributed by atoms with Crippen LogP contribution < -0.4 is 15.5 Å². The topological polar surface area (TPSA) is 85.2 Å². The van der Waals surface area contributed by atoms with Crippen molar-refractivity contribution >= 4 is 22.8 Å². The normalized spacial score (nSPS) is 11.8. The third-order valence-electron chi connectivity index (χ3n) is 3.98. The summed E-state index contributed by atoms with van der Waals surface area (Å²) in [7, 11) is 1.59. The van der Waals surface area contributed by atoms with Crippen LogP contribution in [-0.4, -0.2) is 28.6 Å². The summed E-state index contributed by atoms with van der Waals surface area (Å²) < 4.78 is 6.73. The summed E-state index contributed by atoms with van der Waals surface area (Å²) in [6.07, 6.45) is 1.65. The average Bonchev–Trinajstić information content (AvgIpc) is 3.04. The summed E-state index contributed by atoms with van der Waals surface area (Å²) in [5.41, 5.74) is 5.23. The Bertz CT molecular complexity index is 918. The number of para-hydroxylation sites is 2. The number of benzene rings is 2. The van der Waals surface area contributed by atoms with Crippen molar-refractivity contribution < 1.29 is 14.3 Å². The van der Waals surface area contributed by atoms with E-state index in [4.69, 9.17) is 4.74 Å². The fraction of sp³-hybridized carbons (Fsp3) is 0.211. The molecular weight excluding hydrogens is 332 g/mol. The molecule has 7 heteroatoms. The summed E-state index contributed by atoms with van der Waals surface area (Å²) in [4.78, 5) is 28.3. The largest absolute Gasteiger partial charge is 0.497 e. The lowest BCUT2D eigenvalue weighted by Crippen LogP contribution is -2.31. The van der Waals surface area contributed by atoms with Gasteiger partial charge in [0.1, 0.15) is 12.1 Å². The number of hydrogen-bond acceptors (Lipinski definition) is 4. The van der Waals surface area contributed by atoms with Crippen LogP contribution in [0.2, 0.25) is 0 Å². The Balaban J connectivity index is 1.75. The molecule has 2 N–H and O–H groups in total. The number of carbonyl (C=O) groups excluding carboxylic acids is 2. The number of aromatic nitrogens is 2. The molecule has 0 radical (unpaired) electrons. The average molecular weight is 352 g/mol. The van der Waals surface area contributed by atoms with Gasteiger partial charge in [-0.05, 0) is 29.8 Å². The molecule has 1 unspecified atom stereocenters. The van der Waals surface area contributed by atoms with Gasteiger partial charge in [-0.25, -0.2) is 9.66 Å². The van der Waals surface area contributed by atoms with Crippen LogP contribution in [0.1, 0.15) is 24.9 Å². The lowest BCUT2D eigenvalue weighted by molar-refractivity contribution is -0.120. The first-order chi connectivity index (χ1) is 12.6. The molecule has 0 spiro atoms. The van der Waals surface area contributed by atoms with Crippen LogP contribution in [0.5, 0.6) is 5.75 Å². The van der Waals surface area contributed by atoms with Gasteiger partial charge in [0.05, 0.1) is 30.6 Å². The molecule has 0 saturated heterocycles. The van der Waals surface area contributed by atoms with E-state index in [0.717, 1.165) is 16.6 Å². The molecule has 0 aliphatic carbocycles. The Hall–Kier alpha value is -3.35. The second kappa shape index (κ2) is 7.69. The monoisotopic (exact) mass is 352 g/mol. The molecule has 1 atom stereocenters. The summed E-state index contributed by atoms with van der Waals surface area (Å²) in [6.45, 7) is 1.43. The van der Waals surface area contributed by atoms with E-state index in [1.807, 2.05) is 36.4 Å². The number of carbonyl (C=O) groups is 2. The second-order valence-electron chi connectivity index (χ2n) is 5.87. The molecule has 3 rings (SSSR count). The van der Waals surface area contributed by atoms with Gasteiger partial charge >= 0.3 is 0 Å². The molecule has 0 aliphatic heterocycles. The van der Waals surface area contributed by atoms with Crippen LogP contribution in [-0.2, 0) is 9.59 Å². The predicted molar refractivity (Wildman–Crippen MR) is 98.3 cm³/mol. The molecule has 2 amide bonds. The maximum atomic E-state index is 12.5. The quantitative estimate of drug-likeness (QED) is 0.713. The van der Waals surface area contributed by atoms with E-state index in [0.29, 0.717) is 5.75 Å². The van der Waals surface area contributed by atoms with E-state index >= 15 is 0 Å². The summed E-state index contributed by atoms with van der Waals surface area (Å²) in [5.74, 6) is 0.277. The van der Waals surface area contributed by atoms with Gasteiger partial charge in [-0.2, -0.15) is 0 Å². The molecule has 134 valence electrons. The zero-order valence-corrected chi connectivity index (χ0v) is 14.6. The second-order valence-corrected chi connectivity index (χ2v) is 5.87. The van der Waals surface area contributed by atoms with Crippen LogP contribution in [0.3, 0.4) is 0 Å². The highest BCUT2D eigenvalue weighted by atomic mass is 16.5. The molecule has 3 aromatic rings. The molecule has 1 aromatic heterocycles. The van der Waals surface area contributed by atoms with Crippen molar-refractivity contribution in [1.82, 2.24) is 15.0 Å². The summed E-state index contributed by atoms with van der Waals surface area (Å²) in [6, 6.07) is 14.3. The van der Waals surface area contributed by atoms with Crippen molar-refractivity contribution in [2.75, 3.05) is 12.5 Å². The number of nitrogens with zero attached hydrogens (tertiary/aromatic N) is 2. The maximum absolute atomic E-state index is 12.5. The number of hydrogen-bond donors (Lipinski definition) is 2. The van der Waals surface area contributed by atoms with Gasteiger partial charge in [0.25, 0.3) is 0 Å². The Kier molecular flexibility index (Phi) is 5.17.